The van der Waals surface area contributed by atoms with E-state index in [1.54, 1.807) is 12.1 Å². The van der Waals surface area contributed by atoms with Gasteiger partial charge in [0.1, 0.15) is 5.82 Å². The standard InChI is InChI=1S/C11H15N3O2/c1-8-6-9(11(15)16)7-10(13-8)14-4-2-12-3-5-14/h6-7,12H,2-5H2,1H3,(H,15,16). The summed E-state index contributed by atoms with van der Waals surface area (Å²) in [6.45, 7) is 5.39. The van der Waals surface area contributed by atoms with Gasteiger partial charge in [0, 0.05) is 31.9 Å². The molecule has 2 heterocycles. The first-order valence-electron chi connectivity index (χ1n) is 5.34. The van der Waals surface area contributed by atoms with Crippen molar-refractivity contribution < 1.29 is 9.90 Å². The lowest BCUT2D eigenvalue weighted by molar-refractivity contribution is 0.0696. The van der Waals surface area contributed by atoms with E-state index in [0.717, 1.165) is 37.7 Å². The predicted molar refractivity (Wildman–Crippen MR) is 61.0 cm³/mol. The summed E-state index contributed by atoms with van der Waals surface area (Å²) in [4.78, 5) is 17.4. The maximum absolute atomic E-state index is 10.9. The van der Waals surface area contributed by atoms with Crippen LogP contribution in [0.25, 0.3) is 0 Å². The molecule has 2 rings (SSSR count). The van der Waals surface area contributed by atoms with Crippen molar-refractivity contribution in [1.82, 2.24) is 10.3 Å². The van der Waals surface area contributed by atoms with E-state index in [1.165, 1.54) is 0 Å². The maximum Gasteiger partial charge on any atom is 0.335 e. The Labute approximate surface area is 94.1 Å². The monoisotopic (exact) mass is 221 g/mol. The minimum Gasteiger partial charge on any atom is -0.478 e. The highest BCUT2D eigenvalue weighted by atomic mass is 16.4. The van der Waals surface area contributed by atoms with E-state index >= 15 is 0 Å². The molecule has 0 spiro atoms. The quantitative estimate of drug-likeness (QED) is 0.761. The van der Waals surface area contributed by atoms with Gasteiger partial charge in [0.05, 0.1) is 5.56 Å². The number of nitrogens with one attached hydrogen (secondary N) is 1. The lowest BCUT2D eigenvalue weighted by Gasteiger charge is -2.28. The van der Waals surface area contributed by atoms with Crippen LogP contribution in [0.4, 0.5) is 5.82 Å². The summed E-state index contributed by atoms with van der Waals surface area (Å²) in [5.41, 5.74) is 1.05. The molecule has 1 aliphatic rings. The smallest absolute Gasteiger partial charge is 0.335 e. The molecule has 0 unspecified atom stereocenters. The molecule has 1 aliphatic heterocycles. The van der Waals surface area contributed by atoms with E-state index in [4.69, 9.17) is 5.11 Å². The van der Waals surface area contributed by atoms with Gasteiger partial charge in [-0.05, 0) is 19.1 Å². The van der Waals surface area contributed by atoms with Crippen LogP contribution in [0.15, 0.2) is 12.1 Å². The van der Waals surface area contributed by atoms with Gasteiger partial charge in [0.2, 0.25) is 0 Å². The zero-order valence-electron chi connectivity index (χ0n) is 9.23. The molecule has 2 N–H and O–H groups in total. The molecule has 1 saturated heterocycles. The number of carbonyl (C=O) groups is 1. The first-order valence-corrected chi connectivity index (χ1v) is 5.34. The summed E-state index contributed by atoms with van der Waals surface area (Å²) in [7, 11) is 0. The molecule has 1 aromatic rings. The van der Waals surface area contributed by atoms with Gasteiger partial charge in [-0.25, -0.2) is 9.78 Å². The Bertz CT molecular complexity index is 400. The minimum absolute atomic E-state index is 0.307. The fourth-order valence-corrected chi connectivity index (χ4v) is 1.83. The normalized spacial score (nSPS) is 16.2. The van der Waals surface area contributed by atoms with Crippen molar-refractivity contribution in [2.45, 2.75) is 6.92 Å². The van der Waals surface area contributed by atoms with Crippen molar-refractivity contribution in [1.29, 1.82) is 0 Å². The van der Waals surface area contributed by atoms with Crippen molar-refractivity contribution in [3.8, 4) is 0 Å². The van der Waals surface area contributed by atoms with Crippen LogP contribution in [-0.2, 0) is 0 Å². The van der Waals surface area contributed by atoms with Crippen LogP contribution >= 0.6 is 0 Å². The van der Waals surface area contributed by atoms with Gasteiger partial charge in [-0.1, -0.05) is 0 Å². The Balaban J connectivity index is 2.28. The Morgan fingerprint density at radius 1 is 1.44 bits per heavy atom. The van der Waals surface area contributed by atoms with Crippen LogP contribution in [0, 0.1) is 6.92 Å². The van der Waals surface area contributed by atoms with Crippen molar-refractivity contribution in [2.75, 3.05) is 31.1 Å². The Hall–Kier alpha value is -1.62. The van der Waals surface area contributed by atoms with E-state index in [2.05, 4.69) is 15.2 Å². The molecule has 0 aliphatic carbocycles. The topological polar surface area (TPSA) is 65.5 Å². The molecule has 5 heteroatoms. The number of pyridine rings is 1. The van der Waals surface area contributed by atoms with Crippen LogP contribution in [0.1, 0.15) is 16.1 Å². The summed E-state index contributed by atoms with van der Waals surface area (Å²) in [6.07, 6.45) is 0. The second-order valence-corrected chi connectivity index (χ2v) is 3.90. The van der Waals surface area contributed by atoms with Crippen LogP contribution in [0.3, 0.4) is 0 Å². The van der Waals surface area contributed by atoms with Crippen molar-refractivity contribution in [3.63, 3.8) is 0 Å². The third kappa shape index (κ3) is 2.30. The van der Waals surface area contributed by atoms with Gasteiger partial charge in [0.25, 0.3) is 0 Å². The molecular weight excluding hydrogens is 206 g/mol. The number of rotatable bonds is 2. The van der Waals surface area contributed by atoms with E-state index in [-0.39, 0.29) is 0 Å². The number of aromatic nitrogens is 1. The number of nitrogens with zero attached hydrogens (tertiary/aromatic N) is 2. The lowest BCUT2D eigenvalue weighted by atomic mass is 10.2. The molecule has 16 heavy (non-hydrogen) atoms. The van der Waals surface area contributed by atoms with Gasteiger partial charge in [-0.2, -0.15) is 0 Å². The Morgan fingerprint density at radius 3 is 2.75 bits per heavy atom. The van der Waals surface area contributed by atoms with Crippen molar-refractivity contribution in [3.05, 3.63) is 23.4 Å². The van der Waals surface area contributed by atoms with E-state index in [0.29, 0.717) is 5.56 Å². The summed E-state index contributed by atoms with van der Waals surface area (Å²) < 4.78 is 0. The van der Waals surface area contributed by atoms with Crippen molar-refractivity contribution >= 4 is 11.8 Å². The number of piperazine rings is 1. The van der Waals surface area contributed by atoms with Crippen LogP contribution < -0.4 is 10.2 Å². The van der Waals surface area contributed by atoms with Gasteiger partial charge in [-0.3, -0.25) is 0 Å². The molecule has 0 amide bonds. The van der Waals surface area contributed by atoms with Gasteiger partial charge in [0.15, 0.2) is 0 Å². The first-order chi connectivity index (χ1) is 7.66. The fraction of sp³-hybridized carbons (Fsp3) is 0.455. The maximum atomic E-state index is 10.9. The van der Waals surface area contributed by atoms with Gasteiger partial charge in [-0.15, -0.1) is 0 Å². The minimum atomic E-state index is -0.901. The van der Waals surface area contributed by atoms with Crippen molar-refractivity contribution in [2.24, 2.45) is 0 Å². The average molecular weight is 221 g/mol. The molecule has 86 valence electrons. The predicted octanol–water partition coefficient (Wildman–Crippen LogP) is 0.498. The zero-order chi connectivity index (χ0) is 11.5. The fourth-order valence-electron chi connectivity index (χ4n) is 1.83. The summed E-state index contributed by atoms with van der Waals surface area (Å²) >= 11 is 0. The van der Waals surface area contributed by atoms with Gasteiger partial charge >= 0.3 is 5.97 Å². The van der Waals surface area contributed by atoms with E-state index < -0.39 is 5.97 Å². The summed E-state index contributed by atoms with van der Waals surface area (Å²) in [5, 5.41) is 12.2. The van der Waals surface area contributed by atoms with E-state index in [9.17, 15) is 4.79 Å². The number of hydrogen-bond donors (Lipinski definition) is 2. The highest BCUT2D eigenvalue weighted by Gasteiger charge is 2.14. The summed E-state index contributed by atoms with van der Waals surface area (Å²) in [5.74, 6) is -0.138. The molecular formula is C11H15N3O2. The largest absolute Gasteiger partial charge is 0.478 e. The highest BCUT2D eigenvalue weighted by molar-refractivity contribution is 5.88. The Kier molecular flexibility index (Phi) is 3.05. The number of carboxylic acid groups (broad SMARTS) is 1. The third-order valence-corrected chi connectivity index (χ3v) is 2.63. The van der Waals surface area contributed by atoms with Gasteiger partial charge < -0.3 is 15.3 Å². The number of carboxylic acids is 1. The van der Waals surface area contributed by atoms with Crippen LogP contribution in [0.5, 0.6) is 0 Å². The molecule has 1 aromatic heterocycles. The number of anilines is 1. The molecule has 5 nitrogen and oxygen atoms in total. The number of aromatic carboxylic acids is 1. The van der Waals surface area contributed by atoms with E-state index in [1.807, 2.05) is 6.92 Å². The average Bonchev–Trinajstić information content (AvgIpc) is 2.29. The second kappa shape index (κ2) is 4.49. The zero-order valence-corrected chi connectivity index (χ0v) is 9.23. The molecule has 0 atom stereocenters. The number of hydrogen-bond acceptors (Lipinski definition) is 4. The lowest BCUT2D eigenvalue weighted by Crippen LogP contribution is -2.44. The first kappa shape index (κ1) is 10.9. The highest BCUT2D eigenvalue weighted by Crippen LogP contribution is 2.15. The molecule has 0 bridgehead atoms. The van der Waals surface area contributed by atoms with Crippen LogP contribution in [-0.4, -0.2) is 42.2 Å². The SMILES string of the molecule is Cc1cc(C(=O)O)cc(N2CCNCC2)n1. The molecule has 1 fully saturated rings. The van der Waals surface area contributed by atoms with Crippen LogP contribution in [0.2, 0.25) is 0 Å². The number of aryl methyl sites for hydroxylation is 1. The molecule has 0 saturated carbocycles. The summed E-state index contributed by atoms with van der Waals surface area (Å²) in [6, 6.07) is 3.23. The molecule has 0 radical (unpaired) electrons. The molecule has 0 aromatic carbocycles. The third-order valence-electron chi connectivity index (χ3n) is 2.63. The Morgan fingerprint density at radius 2 is 2.12 bits per heavy atom. The second-order valence-electron chi connectivity index (χ2n) is 3.90.